The Balaban J connectivity index is 1.16. The zero-order valence-electron chi connectivity index (χ0n) is 21.3. The number of anilines is 1. The normalized spacial score (nSPS) is 16.7. The highest BCUT2D eigenvalue weighted by atomic mass is 32.1. The molecule has 2 aliphatic rings. The van der Waals surface area contributed by atoms with Gasteiger partial charge in [-0.05, 0) is 43.2 Å². The van der Waals surface area contributed by atoms with E-state index in [1.807, 2.05) is 4.90 Å². The predicted octanol–water partition coefficient (Wildman–Crippen LogP) is 4.24. The fraction of sp³-hybridized carbons (Fsp3) is 0.370. The van der Waals surface area contributed by atoms with Crippen LogP contribution in [0.3, 0.4) is 0 Å². The molecule has 4 heterocycles. The lowest BCUT2D eigenvalue weighted by Crippen LogP contribution is -2.49. The largest absolute Gasteiger partial charge is 0.478 e. The molecule has 2 aliphatic heterocycles. The Labute approximate surface area is 231 Å². The van der Waals surface area contributed by atoms with E-state index in [9.17, 15) is 32.7 Å². The van der Waals surface area contributed by atoms with Gasteiger partial charge in [0.05, 0.1) is 16.1 Å². The first-order valence-corrected chi connectivity index (χ1v) is 13.6. The molecular weight excluding hydrogens is 547 g/mol. The minimum Gasteiger partial charge on any atom is -0.478 e. The maximum Gasteiger partial charge on any atom is 0.416 e. The van der Waals surface area contributed by atoms with Crippen LogP contribution in [0.2, 0.25) is 0 Å². The van der Waals surface area contributed by atoms with Crippen LogP contribution in [-0.2, 0) is 6.18 Å². The summed E-state index contributed by atoms with van der Waals surface area (Å²) in [5, 5.41) is 11.9. The number of alkyl halides is 3. The molecule has 0 atom stereocenters. The number of rotatable bonds is 5. The number of halogens is 3. The number of hydrogen-bond acceptors (Lipinski definition) is 7. The molecule has 2 fully saturated rings. The van der Waals surface area contributed by atoms with Crippen molar-refractivity contribution < 1.29 is 32.7 Å². The third-order valence-electron chi connectivity index (χ3n) is 7.22. The van der Waals surface area contributed by atoms with E-state index in [1.165, 1.54) is 35.7 Å². The van der Waals surface area contributed by atoms with Crippen LogP contribution in [0.15, 0.2) is 48.0 Å². The average molecular weight is 574 g/mol. The minimum absolute atomic E-state index is 0.0658. The van der Waals surface area contributed by atoms with Crippen LogP contribution in [-0.4, -0.2) is 81.9 Å². The lowest BCUT2D eigenvalue weighted by molar-refractivity contribution is -0.137. The number of carboxylic acid groups (broad SMARTS) is 1. The number of amides is 2. The lowest BCUT2D eigenvalue weighted by atomic mass is 9.97. The van der Waals surface area contributed by atoms with E-state index in [0.717, 1.165) is 17.1 Å². The second-order valence-corrected chi connectivity index (χ2v) is 10.6. The van der Waals surface area contributed by atoms with Crippen molar-refractivity contribution in [1.82, 2.24) is 19.8 Å². The van der Waals surface area contributed by atoms with Crippen LogP contribution in [0, 0.1) is 0 Å². The molecule has 0 saturated carbocycles. The number of carboxylic acids is 1. The minimum atomic E-state index is -4.41. The molecule has 2 aromatic heterocycles. The molecule has 2 saturated heterocycles. The molecule has 0 radical (unpaired) electrons. The highest BCUT2D eigenvalue weighted by Crippen LogP contribution is 2.33. The number of aromatic nitrogens is 2. The van der Waals surface area contributed by atoms with E-state index in [4.69, 9.17) is 0 Å². The second-order valence-electron chi connectivity index (χ2n) is 9.67. The highest BCUT2D eigenvalue weighted by Gasteiger charge is 2.32. The van der Waals surface area contributed by atoms with Crippen LogP contribution in [0.5, 0.6) is 0 Å². The summed E-state index contributed by atoms with van der Waals surface area (Å²) in [6.45, 7) is 2.40. The van der Waals surface area contributed by atoms with Crippen molar-refractivity contribution >= 4 is 34.8 Å². The Kier molecular flexibility index (Phi) is 7.74. The SMILES string of the molecule is O=C(O)c1cccnc1C(=O)N1CCC(c2nc(C(=O)N3CCN(c4cccc(C(F)(F)F)c4)CC3)cs2)CC1. The molecule has 210 valence electrons. The smallest absolute Gasteiger partial charge is 0.416 e. The van der Waals surface area contributed by atoms with Gasteiger partial charge >= 0.3 is 12.1 Å². The van der Waals surface area contributed by atoms with Crippen molar-refractivity contribution in [3.63, 3.8) is 0 Å². The third-order valence-corrected chi connectivity index (χ3v) is 8.23. The van der Waals surface area contributed by atoms with Gasteiger partial charge in [-0.25, -0.2) is 9.78 Å². The van der Waals surface area contributed by atoms with E-state index < -0.39 is 23.6 Å². The summed E-state index contributed by atoms with van der Waals surface area (Å²) in [4.78, 5) is 51.1. The van der Waals surface area contributed by atoms with Gasteiger partial charge in [-0.2, -0.15) is 13.2 Å². The first kappa shape index (κ1) is 27.6. The quantitative estimate of drug-likeness (QED) is 0.487. The van der Waals surface area contributed by atoms with Crippen molar-refractivity contribution in [2.75, 3.05) is 44.2 Å². The maximum absolute atomic E-state index is 13.1. The third kappa shape index (κ3) is 5.79. The van der Waals surface area contributed by atoms with Gasteiger partial charge in [-0.1, -0.05) is 6.07 Å². The van der Waals surface area contributed by atoms with Crippen molar-refractivity contribution in [3.8, 4) is 0 Å². The van der Waals surface area contributed by atoms with Crippen molar-refractivity contribution in [2.24, 2.45) is 0 Å². The van der Waals surface area contributed by atoms with Crippen molar-refractivity contribution in [3.05, 3.63) is 75.5 Å². The summed E-state index contributed by atoms with van der Waals surface area (Å²) in [7, 11) is 0. The first-order valence-electron chi connectivity index (χ1n) is 12.8. The number of pyridine rings is 1. The number of piperidine rings is 1. The number of hydrogen-bond donors (Lipinski definition) is 1. The maximum atomic E-state index is 13.1. The number of aromatic carboxylic acids is 1. The van der Waals surface area contributed by atoms with Gasteiger partial charge in [-0.15, -0.1) is 11.3 Å². The molecule has 0 bridgehead atoms. The lowest BCUT2D eigenvalue weighted by Gasteiger charge is -2.36. The van der Waals surface area contributed by atoms with Crippen LogP contribution in [0.1, 0.15) is 60.7 Å². The zero-order chi connectivity index (χ0) is 28.4. The number of carbonyl (C=O) groups excluding carboxylic acids is 2. The van der Waals surface area contributed by atoms with E-state index in [1.54, 1.807) is 21.2 Å². The summed E-state index contributed by atoms with van der Waals surface area (Å²) in [6.07, 6.45) is -1.77. The number of benzene rings is 1. The Morgan fingerprint density at radius 1 is 0.925 bits per heavy atom. The molecule has 0 aliphatic carbocycles. The summed E-state index contributed by atoms with van der Waals surface area (Å²) in [6, 6.07) is 8.03. The number of thiazole rings is 1. The second kappa shape index (κ2) is 11.2. The van der Waals surface area contributed by atoms with Gasteiger partial charge in [0.1, 0.15) is 11.4 Å². The predicted molar refractivity (Wildman–Crippen MR) is 141 cm³/mol. The molecule has 1 N–H and O–H groups in total. The molecule has 5 rings (SSSR count). The molecule has 13 heteroatoms. The summed E-state index contributed by atoms with van der Waals surface area (Å²) in [5.41, 5.74) is -0.0944. The van der Waals surface area contributed by atoms with Gasteiger partial charge in [0.15, 0.2) is 0 Å². The molecule has 40 heavy (non-hydrogen) atoms. The van der Waals surface area contributed by atoms with E-state index in [2.05, 4.69) is 9.97 Å². The summed E-state index contributed by atoms with van der Waals surface area (Å²) < 4.78 is 39.2. The van der Waals surface area contributed by atoms with Crippen LogP contribution < -0.4 is 4.90 Å². The van der Waals surface area contributed by atoms with Crippen LogP contribution in [0.4, 0.5) is 18.9 Å². The number of likely N-dealkylation sites (tertiary alicyclic amines) is 1. The average Bonchev–Trinajstić information content (AvgIpc) is 3.47. The van der Waals surface area contributed by atoms with Crippen LogP contribution >= 0.6 is 11.3 Å². The number of nitrogens with zero attached hydrogens (tertiary/aromatic N) is 5. The molecule has 9 nitrogen and oxygen atoms in total. The van der Waals surface area contributed by atoms with Gasteiger partial charge in [-0.3, -0.25) is 14.6 Å². The zero-order valence-corrected chi connectivity index (χ0v) is 22.1. The first-order chi connectivity index (χ1) is 19.1. The van der Waals surface area contributed by atoms with Gasteiger partial charge in [0.25, 0.3) is 11.8 Å². The number of piperazine rings is 1. The standard InChI is InChI=1S/C27H26F3N5O4S/c28-27(29,30)18-3-1-4-19(15-18)33-11-13-35(14-12-33)24(36)21-16-40-23(32-21)17-6-9-34(10-7-17)25(37)22-20(26(38)39)5-2-8-31-22/h1-5,8,15-17H,6-7,9-14H2,(H,38,39). The summed E-state index contributed by atoms with van der Waals surface area (Å²) in [5.74, 6) is -1.77. The highest BCUT2D eigenvalue weighted by molar-refractivity contribution is 7.09. The van der Waals surface area contributed by atoms with Crippen molar-refractivity contribution in [1.29, 1.82) is 0 Å². The fourth-order valence-corrected chi connectivity index (χ4v) is 5.97. The monoisotopic (exact) mass is 573 g/mol. The Hall–Kier alpha value is -4.00. The van der Waals surface area contributed by atoms with E-state index >= 15 is 0 Å². The molecule has 2 amide bonds. The molecule has 1 aromatic carbocycles. The Morgan fingerprint density at radius 2 is 1.62 bits per heavy atom. The van der Waals surface area contributed by atoms with E-state index in [-0.39, 0.29) is 23.1 Å². The Bertz CT molecular complexity index is 1410. The molecule has 0 spiro atoms. The van der Waals surface area contributed by atoms with Crippen LogP contribution in [0.25, 0.3) is 0 Å². The number of carbonyl (C=O) groups is 3. The topological polar surface area (TPSA) is 107 Å². The van der Waals surface area contributed by atoms with E-state index in [0.29, 0.717) is 63.5 Å². The summed E-state index contributed by atoms with van der Waals surface area (Å²) >= 11 is 1.39. The van der Waals surface area contributed by atoms with Gasteiger partial charge in [0, 0.05) is 62.5 Å². The molecule has 3 aromatic rings. The molecular formula is C27H26F3N5O4S. The van der Waals surface area contributed by atoms with Crippen molar-refractivity contribution in [2.45, 2.75) is 24.9 Å². The fourth-order valence-electron chi connectivity index (χ4n) is 5.01. The van der Waals surface area contributed by atoms with Gasteiger partial charge < -0.3 is 19.8 Å². The molecule has 0 unspecified atom stereocenters. The Morgan fingerprint density at radius 3 is 2.30 bits per heavy atom. The van der Waals surface area contributed by atoms with Gasteiger partial charge in [0.2, 0.25) is 0 Å².